The highest BCUT2D eigenvalue weighted by Crippen LogP contribution is 2.29. The molecule has 0 spiro atoms. The Labute approximate surface area is 234 Å². The number of nitrogens with one attached hydrogen (secondary N) is 2. The highest BCUT2D eigenvalue weighted by atomic mass is 79.9. The molecule has 2 N–H and O–H groups in total. The van der Waals surface area contributed by atoms with Crippen molar-refractivity contribution in [3.05, 3.63) is 99.5 Å². The van der Waals surface area contributed by atoms with Crippen molar-refractivity contribution >= 4 is 39.3 Å². The number of nitrogens with zero attached hydrogens (tertiary/aromatic N) is 1. The van der Waals surface area contributed by atoms with Crippen LogP contribution in [0.15, 0.2) is 71.2 Å². The predicted octanol–water partition coefficient (Wildman–Crippen LogP) is 5.36. The molecule has 39 heavy (non-hydrogen) atoms. The summed E-state index contributed by atoms with van der Waals surface area (Å²) >= 11 is 3.13. The van der Waals surface area contributed by atoms with Crippen molar-refractivity contribution in [2.45, 2.75) is 44.6 Å². The first-order valence-electron chi connectivity index (χ1n) is 12.8. The van der Waals surface area contributed by atoms with Crippen LogP contribution in [-0.2, 0) is 27.2 Å². The molecule has 1 unspecified atom stereocenters. The Balaban J connectivity index is 1.30. The molecule has 0 saturated carbocycles. The topological polar surface area (TPSA) is 78.5 Å². The van der Waals surface area contributed by atoms with E-state index in [-0.39, 0.29) is 42.3 Å². The van der Waals surface area contributed by atoms with Gasteiger partial charge in [-0.05, 0) is 87.8 Å². The normalized spacial score (nSPS) is 14.5. The number of likely N-dealkylation sites (tertiary alicyclic amines) is 1. The number of carbonyl (C=O) groups excluding carboxylic acids is 3. The molecule has 1 fully saturated rings. The third-order valence-electron chi connectivity index (χ3n) is 6.86. The van der Waals surface area contributed by atoms with Crippen LogP contribution in [0.5, 0.6) is 0 Å². The number of hydrogen-bond donors (Lipinski definition) is 2. The molecular weight excluding hydrogens is 568 g/mol. The van der Waals surface area contributed by atoms with Crippen LogP contribution in [0.3, 0.4) is 0 Å². The van der Waals surface area contributed by atoms with E-state index < -0.39 is 11.9 Å². The van der Waals surface area contributed by atoms with E-state index in [9.17, 15) is 23.2 Å². The van der Waals surface area contributed by atoms with Crippen LogP contribution in [0.25, 0.3) is 0 Å². The number of anilines is 1. The molecule has 1 heterocycles. The fraction of sp³-hybridized carbons (Fsp3) is 0.300. The first-order chi connectivity index (χ1) is 18.7. The van der Waals surface area contributed by atoms with Gasteiger partial charge in [-0.2, -0.15) is 0 Å². The Hall–Kier alpha value is -3.59. The molecule has 1 atom stereocenters. The van der Waals surface area contributed by atoms with Gasteiger partial charge in [0.15, 0.2) is 0 Å². The van der Waals surface area contributed by atoms with Crippen molar-refractivity contribution in [1.82, 2.24) is 10.2 Å². The van der Waals surface area contributed by atoms with Crippen molar-refractivity contribution in [2.24, 2.45) is 0 Å². The smallest absolute Gasteiger partial charge is 0.247 e. The first kappa shape index (κ1) is 28.4. The molecule has 0 aromatic heterocycles. The zero-order valence-electron chi connectivity index (χ0n) is 21.6. The molecule has 3 aromatic carbocycles. The van der Waals surface area contributed by atoms with E-state index in [0.717, 1.165) is 18.4 Å². The third kappa shape index (κ3) is 7.95. The van der Waals surface area contributed by atoms with Gasteiger partial charge in [0.2, 0.25) is 17.7 Å². The van der Waals surface area contributed by atoms with Crippen molar-refractivity contribution in [1.29, 1.82) is 0 Å². The Morgan fingerprint density at radius 3 is 2.33 bits per heavy atom. The van der Waals surface area contributed by atoms with Crippen LogP contribution in [0.1, 0.15) is 42.4 Å². The van der Waals surface area contributed by atoms with Crippen molar-refractivity contribution in [2.75, 3.05) is 18.4 Å². The van der Waals surface area contributed by atoms with Gasteiger partial charge in [-0.1, -0.05) is 30.3 Å². The SMILES string of the molecule is CC(=O)NC(Cc1cccc(F)c1)C(=O)Nc1ccc(C2CCN(C(=O)Cc3ccc(Br)c(F)c3)CC2)cc1. The molecule has 0 bridgehead atoms. The molecule has 3 amide bonds. The van der Waals surface area contributed by atoms with Gasteiger partial charge in [-0.25, -0.2) is 8.78 Å². The summed E-state index contributed by atoms with van der Waals surface area (Å²) in [6.45, 7) is 2.58. The van der Waals surface area contributed by atoms with E-state index in [1.165, 1.54) is 25.1 Å². The lowest BCUT2D eigenvalue weighted by molar-refractivity contribution is -0.131. The van der Waals surface area contributed by atoms with Crippen molar-refractivity contribution < 1.29 is 23.2 Å². The molecule has 1 saturated heterocycles. The maximum atomic E-state index is 13.8. The van der Waals surface area contributed by atoms with Crippen molar-refractivity contribution in [3.8, 4) is 0 Å². The monoisotopic (exact) mass is 597 g/mol. The van der Waals surface area contributed by atoms with Crippen LogP contribution in [-0.4, -0.2) is 41.8 Å². The van der Waals surface area contributed by atoms with E-state index in [1.54, 1.807) is 24.3 Å². The fourth-order valence-corrected chi connectivity index (χ4v) is 5.07. The molecule has 6 nitrogen and oxygen atoms in total. The van der Waals surface area contributed by atoms with Crippen LogP contribution in [0.4, 0.5) is 14.5 Å². The van der Waals surface area contributed by atoms with E-state index in [2.05, 4.69) is 26.6 Å². The largest absolute Gasteiger partial charge is 0.344 e. The zero-order valence-corrected chi connectivity index (χ0v) is 23.1. The van der Waals surface area contributed by atoms with Gasteiger partial charge in [0.05, 0.1) is 10.9 Å². The molecule has 3 aromatic rings. The standard InChI is InChI=1S/C30H30BrF2N3O3/c1-19(37)34-28(17-20-3-2-4-24(32)15-20)30(39)35-25-8-6-22(7-9-25)23-11-13-36(14-12-23)29(38)18-21-5-10-26(31)27(33)16-21/h2-10,15-16,23,28H,11-14,17-18H2,1H3,(H,34,37)(H,35,39). The minimum atomic E-state index is -0.847. The zero-order chi connectivity index (χ0) is 27.9. The predicted molar refractivity (Wildman–Crippen MR) is 149 cm³/mol. The summed E-state index contributed by atoms with van der Waals surface area (Å²) in [5.74, 6) is -1.25. The summed E-state index contributed by atoms with van der Waals surface area (Å²) < 4.78 is 27.7. The van der Waals surface area contributed by atoms with Gasteiger partial charge in [0.1, 0.15) is 17.7 Å². The summed E-state index contributed by atoms with van der Waals surface area (Å²) in [5, 5.41) is 5.47. The van der Waals surface area contributed by atoms with Crippen LogP contribution >= 0.6 is 15.9 Å². The second-order valence-electron chi connectivity index (χ2n) is 9.78. The van der Waals surface area contributed by atoms with Gasteiger partial charge in [-0.15, -0.1) is 0 Å². The lowest BCUT2D eigenvalue weighted by Crippen LogP contribution is -2.44. The molecular formula is C30H30BrF2N3O3. The minimum absolute atomic E-state index is 0.0137. The number of piperidine rings is 1. The Bertz CT molecular complexity index is 1340. The Morgan fingerprint density at radius 1 is 0.974 bits per heavy atom. The second-order valence-corrected chi connectivity index (χ2v) is 10.6. The quantitative estimate of drug-likeness (QED) is 0.367. The Kier molecular flexibility index (Phi) is 9.45. The first-order valence-corrected chi connectivity index (χ1v) is 13.6. The molecule has 4 rings (SSSR count). The summed E-state index contributed by atoms with van der Waals surface area (Å²) in [6, 6.07) is 17.4. The molecule has 0 radical (unpaired) electrons. The summed E-state index contributed by atoms with van der Waals surface area (Å²) in [5.41, 5.74) is 2.96. The van der Waals surface area contributed by atoms with Gasteiger partial charge in [-0.3, -0.25) is 14.4 Å². The van der Waals surface area contributed by atoms with Crippen LogP contribution in [0.2, 0.25) is 0 Å². The summed E-state index contributed by atoms with van der Waals surface area (Å²) in [4.78, 5) is 39.1. The van der Waals surface area contributed by atoms with E-state index in [4.69, 9.17) is 0 Å². The highest BCUT2D eigenvalue weighted by molar-refractivity contribution is 9.10. The van der Waals surface area contributed by atoms with Gasteiger partial charge in [0.25, 0.3) is 0 Å². The minimum Gasteiger partial charge on any atom is -0.344 e. The molecule has 204 valence electrons. The van der Waals surface area contributed by atoms with Crippen LogP contribution in [0, 0.1) is 11.6 Å². The van der Waals surface area contributed by atoms with Crippen LogP contribution < -0.4 is 10.6 Å². The van der Waals surface area contributed by atoms with Gasteiger partial charge >= 0.3 is 0 Å². The summed E-state index contributed by atoms with van der Waals surface area (Å²) in [7, 11) is 0. The maximum absolute atomic E-state index is 13.8. The van der Waals surface area contributed by atoms with Gasteiger partial charge in [0, 0.05) is 32.1 Å². The lowest BCUT2D eigenvalue weighted by Gasteiger charge is -2.32. The molecule has 0 aliphatic carbocycles. The number of amides is 3. The Morgan fingerprint density at radius 2 is 1.69 bits per heavy atom. The summed E-state index contributed by atoms with van der Waals surface area (Å²) in [6.07, 6.45) is 1.95. The van der Waals surface area contributed by atoms with E-state index in [1.807, 2.05) is 29.2 Å². The molecule has 9 heteroatoms. The number of hydrogen-bond acceptors (Lipinski definition) is 3. The maximum Gasteiger partial charge on any atom is 0.247 e. The average molecular weight is 598 g/mol. The fourth-order valence-electron chi connectivity index (χ4n) is 4.82. The van der Waals surface area contributed by atoms with Gasteiger partial charge < -0.3 is 15.5 Å². The lowest BCUT2D eigenvalue weighted by atomic mass is 9.89. The number of halogens is 3. The van der Waals surface area contributed by atoms with Crippen molar-refractivity contribution in [3.63, 3.8) is 0 Å². The number of carbonyl (C=O) groups is 3. The highest BCUT2D eigenvalue weighted by Gasteiger charge is 2.25. The number of benzene rings is 3. The van der Waals surface area contributed by atoms with E-state index >= 15 is 0 Å². The number of rotatable bonds is 8. The molecule has 1 aliphatic heterocycles. The molecule has 1 aliphatic rings. The van der Waals surface area contributed by atoms with E-state index in [0.29, 0.717) is 34.4 Å². The average Bonchev–Trinajstić information content (AvgIpc) is 2.91. The second kappa shape index (κ2) is 13.0. The third-order valence-corrected chi connectivity index (χ3v) is 7.50.